The number of aliphatic carboxylic acids is 1. The summed E-state index contributed by atoms with van der Waals surface area (Å²) in [6.07, 6.45) is 2.79. The summed E-state index contributed by atoms with van der Waals surface area (Å²) in [6.45, 7) is 6.21. The molecule has 1 aliphatic rings. The topological polar surface area (TPSA) is 57.6 Å². The Bertz CT molecular complexity index is 288. The number of likely N-dealkylation sites (tertiary alicyclic amines) is 1. The summed E-state index contributed by atoms with van der Waals surface area (Å²) in [7, 11) is 0. The highest BCUT2D eigenvalue weighted by Crippen LogP contribution is 2.28. The van der Waals surface area contributed by atoms with Gasteiger partial charge in [0.2, 0.25) is 5.91 Å². The Balaban J connectivity index is 2.91. The van der Waals surface area contributed by atoms with Gasteiger partial charge < -0.3 is 10.0 Å². The average Bonchev–Trinajstić information content (AvgIpc) is 2.16. The van der Waals surface area contributed by atoms with Crippen molar-refractivity contribution < 1.29 is 14.7 Å². The smallest absolute Gasteiger partial charge is 0.329 e. The molecule has 0 saturated carbocycles. The zero-order valence-corrected chi connectivity index (χ0v) is 10.3. The maximum atomic E-state index is 11.8. The van der Waals surface area contributed by atoms with Crippen molar-refractivity contribution in [2.75, 3.05) is 6.54 Å². The Morgan fingerprint density at radius 3 is 2.56 bits per heavy atom. The first-order valence-corrected chi connectivity index (χ1v) is 5.92. The zero-order valence-electron chi connectivity index (χ0n) is 10.3. The van der Waals surface area contributed by atoms with Crippen LogP contribution in [0.4, 0.5) is 0 Å². The standard InChI is InChI=1S/C12H21NO3/c1-9(2)8-12(3,11(15)16)13-7-5-4-6-10(13)14/h9H,4-8H2,1-3H3,(H,15,16). The number of amides is 1. The number of nitrogens with zero attached hydrogens (tertiary/aromatic N) is 1. The summed E-state index contributed by atoms with van der Waals surface area (Å²) in [5.41, 5.74) is -1.04. The molecule has 1 heterocycles. The van der Waals surface area contributed by atoms with Crippen LogP contribution in [0.25, 0.3) is 0 Å². The maximum absolute atomic E-state index is 11.8. The Labute approximate surface area is 96.6 Å². The molecule has 1 amide bonds. The molecule has 1 atom stereocenters. The fraction of sp³-hybridized carbons (Fsp3) is 0.833. The highest BCUT2D eigenvalue weighted by atomic mass is 16.4. The van der Waals surface area contributed by atoms with Crippen LogP contribution < -0.4 is 0 Å². The molecule has 16 heavy (non-hydrogen) atoms. The summed E-state index contributed by atoms with van der Waals surface area (Å²) in [5, 5.41) is 9.36. The third-order valence-corrected chi connectivity index (χ3v) is 3.19. The van der Waals surface area contributed by atoms with E-state index in [1.807, 2.05) is 13.8 Å². The Kier molecular flexibility index (Phi) is 3.94. The molecule has 1 N–H and O–H groups in total. The van der Waals surface area contributed by atoms with E-state index in [-0.39, 0.29) is 11.8 Å². The lowest BCUT2D eigenvalue weighted by Gasteiger charge is -2.41. The van der Waals surface area contributed by atoms with Crippen LogP contribution in [0.2, 0.25) is 0 Å². The van der Waals surface area contributed by atoms with E-state index >= 15 is 0 Å². The predicted molar refractivity (Wildman–Crippen MR) is 61.1 cm³/mol. The van der Waals surface area contributed by atoms with Crippen molar-refractivity contribution in [1.29, 1.82) is 0 Å². The van der Waals surface area contributed by atoms with E-state index in [2.05, 4.69) is 0 Å². The summed E-state index contributed by atoms with van der Waals surface area (Å²) in [5.74, 6) is -0.649. The van der Waals surface area contributed by atoms with Crippen molar-refractivity contribution in [2.24, 2.45) is 5.92 Å². The molecule has 1 fully saturated rings. The van der Waals surface area contributed by atoms with Crippen molar-refractivity contribution in [3.05, 3.63) is 0 Å². The second kappa shape index (κ2) is 4.85. The quantitative estimate of drug-likeness (QED) is 0.797. The zero-order chi connectivity index (χ0) is 12.3. The van der Waals surface area contributed by atoms with Gasteiger partial charge in [-0.25, -0.2) is 4.79 Å². The predicted octanol–water partition coefficient (Wildman–Crippen LogP) is 1.89. The number of rotatable bonds is 4. The van der Waals surface area contributed by atoms with Gasteiger partial charge in [0.05, 0.1) is 0 Å². The molecule has 1 unspecified atom stereocenters. The normalized spacial score (nSPS) is 21.0. The molecule has 0 radical (unpaired) electrons. The van der Waals surface area contributed by atoms with Crippen LogP contribution in [-0.2, 0) is 9.59 Å². The van der Waals surface area contributed by atoms with Crippen molar-refractivity contribution >= 4 is 11.9 Å². The van der Waals surface area contributed by atoms with Gasteiger partial charge in [0.25, 0.3) is 0 Å². The van der Waals surface area contributed by atoms with Crippen molar-refractivity contribution in [3.63, 3.8) is 0 Å². The number of piperidine rings is 1. The van der Waals surface area contributed by atoms with Crippen LogP contribution in [-0.4, -0.2) is 34.0 Å². The lowest BCUT2D eigenvalue weighted by molar-refractivity contribution is -0.161. The molecular formula is C12H21NO3. The maximum Gasteiger partial charge on any atom is 0.329 e. The average molecular weight is 227 g/mol. The molecule has 4 nitrogen and oxygen atoms in total. The van der Waals surface area contributed by atoms with Gasteiger partial charge in [0.15, 0.2) is 0 Å². The number of carboxylic acids is 1. The third-order valence-electron chi connectivity index (χ3n) is 3.19. The molecule has 0 aliphatic carbocycles. The van der Waals surface area contributed by atoms with Gasteiger partial charge in [0.1, 0.15) is 5.54 Å². The van der Waals surface area contributed by atoms with E-state index in [0.29, 0.717) is 19.4 Å². The fourth-order valence-electron chi connectivity index (χ4n) is 2.44. The Morgan fingerprint density at radius 1 is 1.50 bits per heavy atom. The van der Waals surface area contributed by atoms with Gasteiger partial charge >= 0.3 is 5.97 Å². The van der Waals surface area contributed by atoms with Gasteiger partial charge in [-0.3, -0.25) is 4.79 Å². The molecule has 1 rings (SSSR count). The van der Waals surface area contributed by atoms with E-state index in [0.717, 1.165) is 12.8 Å². The molecular weight excluding hydrogens is 206 g/mol. The van der Waals surface area contributed by atoms with Crippen LogP contribution in [0.15, 0.2) is 0 Å². The lowest BCUT2D eigenvalue weighted by Crippen LogP contribution is -2.57. The van der Waals surface area contributed by atoms with Gasteiger partial charge in [0, 0.05) is 13.0 Å². The van der Waals surface area contributed by atoms with Crippen LogP contribution in [0.5, 0.6) is 0 Å². The van der Waals surface area contributed by atoms with E-state index in [1.54, 1.807) is 11.8 Å². The number of hydrogen-bond donors (Lipinski definition) is 1. The number of carboxylic acid groups (broad SMARTS) is 1. The molecule has 92 valence electrons. The van der Waals surface area contributed by atoms with Crippen molar-refractivity contribution in [1.82, 2.24) is 4.90 Å². The van der Waals surface area contributed by atoms with Gasteiger partial charge in [-0.2, -0.15) is 0 Å². The first kappa shape index (κ1) is 13.0. The minimum atomic E-state index is -1.04. The molecule has 1 aliphatic heterocycles. The lowest BCUT2D eigenvalue weighted by atomic mass is 9.87. The SMILES string of the molecule is CC(C)CC(C)(C(=O)O)N1CCCCC1=O. The van der Waals surface area contributed by atoms with Gasteiger partial charge in [-0.1, -0.05) is 13.8 Å². The van der Waals surface area contributed by atoms with E-state index in [9.17, 15) is 14.7 Å². The van der Waals surface area contributed by atoms with Crippen LogP contribution in [0.1, 0.15) is 46.5 Å². The summed E-state index contributed by atoms with van der Waals surface area (Å²) in [6, 6.07) is 0. The molecule has 0 bridgehead atoms. The second-order valence-electron chi connectivity index (χ2n) is 5.18. The summed E-state index contributed by atoms with van der Waals surface area (Å²) < 4.78 is 0. The molecule has 0 aromatic rings. The van der Waals surface area contributed by atoms with E-state index in [4.69, 9.17) is 0 Å². The third kappa shape index (κ3) is 2.54. The first-order chi connectivity index (χ1) is 7.38. The van der Waals surface area contributed by atoms with Crippen LogP contribution in [0.3, 0.4) is 0 Å². The molecule has 0 aromatic carbocycles. The van der Waals surface area contributed by atoms with Gasteiger partial charge in [-0.05, 0) is 32.1 Å². The monoisotopic (exact) mass is 227 g/mol. The van der Waals surface area contributed by atoms with Gasteiger partial charge in [-0.15, -0.1) is 0 Å². The molecule has 1 saturated heterocycles. The first-order valence-electron chi connectivity index (χ1n) is 5.92. The number of hydrogen-bond acceptors (Lipinski definition) is 2. The Hall–Kier alpha value is -1.06. The van der Waals surface area contributed by atoms with Crippen molar-refractivity contribution in [2.45, 2.75) is 52.0 Å². The largest absolute Gasteiger partial charge is 0.480 e. The van der Waals surface area contributed by atoms with Crippen molar-refractivity contribution in [3.8, 4) is 0 Å². The Morgan fingerprint density at radius 2 is 2.12 bits per heavy atom. The van der Waals surface area contributed by atoms with Crippen LogP contribution in [0, 0.1) is 5.92 Å². The van der Waals surface area contributed by atoms with E-state index in [1.165, 1.54) is 0 Å². The minimum absolute atomic E-state index is 0.0169. The van der Waals surface area contributed by atoms with Crippen LogP contribution >= 0.6 is 0 Å². The molecule has 0 aromatic heterocycles. The summed E-state index contributed by atoms with van der Waals surface area (Å²) in [4.78, 5) is 24.8. The number of carbonyl (C=O) groups excluding carboxylic acids is 1. The molecule has 0 spiro atoms. The highest BCUT2D eigenvalue weighted by Gasteiger charge is 2.43. The summed E-state index contributed by atoms with van der Waals surface area (Å²) >= 11 is 0. The molecule has 4 heteroatoms. The van der Waals surface area contributed by atoms with E-state index < -0.39 is 11.5 Å². The second-order valence-corrected chi connectivity index (χ2v) is 5.18. The highest BCUT2D eigenvalue weighted by molar-refractivity contribution is 5.87. The minimum Gasteiger partial charge on any atom is -0.480 e. The number of carbonyl (C=O) groups is 2. The fourth-order valence-corrected chi connectivity index (χ4v) is 2.44.